The fourth-order valence-electron chi connectivity index (χ4n) is 3.80. The van der Waals surface area contributed by atoms with E-state index >= 15 is 0 Å². The second kappa shape index (κ2) is 8.59. The number of fused-ring (bicyclic) bond motifs is 1. The summed E-state index contributed by atoms with van der Waals surface area (Å²) in [5.41, 5.74) is -1.52. The molecule has 2 aliphatic heterocycles. The summed E-state index contributed by atoms with van der Waals surface area (Å²) in [5, 5.41) is 12.6. The smallest absolute Gasteiger partial charge is 0.408 e. The largest absolute Gasteiger partial charge is 0.479 e. The molecule has 2 amide bonds. The van der Waals surface area contributed by atoms with Gasteiger partial charge in [0.05, 0.1) is 16.3 Å². The van der Waals surface area contributed by atoms with Crippen LogP contribution in [0.1, 0.15) is 41.5 Å². The molecule has 4 atom stereocenters. The number of carbonyl (C=O) groups excluding carboxylic acids is 2. The van der Waals surface area contributed by atoms with Crippen LogP contribution >= 0.6 is 15.9 Å². The molecule has 1 fully saturated rings. The monoisotopic (exact) mass is 544 g/mol. The molecule has 2 heterocycles. The molecule has 1 aromatic carbocycles. The van der Waals surface area contributed by atoms with Gasteiger partial charge in [0, 0.05) is 4.47 Å². The van der Waals surface area contributed by atoms with Gasteiger partial charge in [-0.1, -0.05) is 36.7 Å². The quantitative estimate of drug-likeness (QED) is 0.558. The van der Waals surface area contributed by atoms with E-state index in [0.29, 0.717) is 4.90 Å². The number of aliphatic carboxylic acids is 1. The van der Waals surface area contributed by atoms with Gasteiger partial charge in [-0.15, -0.1) is 0 Å². The summed E-state index contributed by atoms with van der Waals surface area (Å²) in [7, 11) is -3.22. The fourth-order valence-corrected chi connectivity index (χ4v) is 6.39. The number of likely N-dealkylation sites (tertiary alicyclic amines) is 1. The fraction of sp³-hybridized carbons (Fsp3) is 0.545. The Morgan fingerprint density at radius 2 is 1.76 bits per heavy atom. The highest BCUT2D eigenvalue weighted by molar-refractivity contribution is 9.10. The van der Waals surface area contributed by atoms with E-state index in [9.17, 15) is 23.7 Å². The molecule has 0 saturated carbocycles. The first-order chi connectivity index (χ1) is 15.0. The molecular formula is C22H29BrN2O7S. The first kappa shape index (κ1) is 25.5. The zero-order valence-corrected chi connectivity index (χ0v) is 21.8. The van der Waals surface area contributed by atoms with Crippen LogP contribution < -0.4 is 5.32 Å². The Balaban J connectivity index is 1.97. The van der Waals surface area contributed by atoms with Crippen molar-refractivity contribution in [3.05, 3.63) is 28.7 Å². The number of benzene rings is 1. The van der Waals surface area contributed by atoms with E-state index in [4.69, 9.17) is 8.92 Å². The Morgan fingerprint density at radius 3 is 2.24 bits per heavy atom. The van der Waals surface area contributed by atoms with Gasteiger partial charge in [0.2, 0.25) is 5.91 Å². The number of nitrogens with one attached hydrogen (secondary N) is 1. The zero-order valence-electron chi connectivity index (χ0n) is 19.4. The summed E-state index contributed by atoms with van der Waals surface area (Å²) in [6, 6.07) is 4.07. The van der Waals surface area contributed by atoms with Crippen LogP contribution in [-0.4, -0.2) is 67.4 Å². The van der Waals surface area contributed by atoms with E-state index in [2.05, 4.69) is 21.2 Å². The predicted molar refractivity (Wildman–Crippen MR) is 126 cm³/mol. The van der Waals surface area contributed by atoms with Crippen molar-refractivity contribution in [3.63, 3.8) is 0 Å². The van der Waals surface area contributed by atoms with E-state index in [1.807, 2.05) is 0 Å². The molecule has 9 nitrogen and oxygen atoms in total. The second-order valence-corrected chi connectivity index (χ2v) is 13.2. The SMILES string of the molecule is CC(C)(C)OC(=O)N[C@H](C(=O)N1C[C@H]2OS(=O)(c3ccc(Br)cc3)=C2[C@H]1C(=O)O)C(C)(C)C. The Morgan fingerprint density at radius 1 is 1.18 bits per heavy atom. The summed E-state index contributed by atoms with van der Waals surface area (Å²) in [5.74, 6) is -1.91. The number of nitrogens with zero attached hydrogens (tertiary/aromatic N) is 1. The van der Waals surface area contributed by atoms with Crippen molar-refractivity contribution >= 4 is 48.6 Å². The molecule has 182 valence electrons. The third-order valence-electron chi connectivity index (χ3n) is 5.24. The number of alkyl carbamates (subject to hydrolysis) is 1. The molecule has 1 unspecified atom stereocenters. The Hall–Kier alpha value is -2.11. The van der Waals surface area contributed by atoms with Crippen molar-refractivity contribution in [2.24, 2.45) is 5.41 Å². The number of amides is 2. The van der Waals surface area contributed by atoms with Gasteiger partial charge in [-0.05, 0) is 50.5 Å². The molecular weight excluding hydrogens is 516 g/mol. The summed E-state index contributed by atoms with van der Waals surface area (Å²) in [6.07, 6.45) is -1.54. The lowest BCUT2D eigenvalue weighted by Gasteiger charge is -2.35. The predicted octanol–water partition coefficient (Wildman–Crippen LogP) is 2.81. The average Bonchev–Trinajstić information content (AvgIpc) is 2.98. The molecule has 0 aliphatic carbocycles. The van der Waals surface area contributed by atoms with Gasteiger partial charge in [0.1, 0.15) is 27.5 Å². The van der Waals surface area contributed by atoms with Gasteiger partial charge >= 0.3 is 12.1 Å². The lowest BCUT2D eigenvalue weighted by molar-refractivity contribution is -0.148. The summed E-state index contributed by atoms with van der Waals surface area (Å²) in [6.45, 7) is 10.3. The number of carboxylic acids is 1. The maximum atomic E-state index is 13.6. The van der Waals surface area contributed by atoms with Gasteiger partial charge in [0.25, 0.3) is 0 Å². The van der Waals surface area contributed by atoms with Crippen LogP contribution in [0.4, 0.5) is 4.79 Å². The van der Waals surface area contributed by atoms with Gasteiger partial charge in [-0.25, -0.2) is 13.8 Å². The van der Waals surface area contributed by atoms with Crippen LogP contribution in [0.5, 0.6) is 0 Å². The third kappa shape index (κ3) is 5.04. The first-order valence-electron chi connectivity index (χ1n) is 10.4. The highest BCUT2D eigenvalue weighted by atomic mass is 79.9. The lowest BCUT2D eigenvalue weighted by Crippen LogP contribution is -2.58. The Bertz CT molecular complexity index is 1100. The van der Waals surface area contributed by atoms with E-state index in [1.165, 1.54) is 0 Å². The first-order valence-corrected chi connectivity index (χ1v) is 12.7. The highest BCUT2D eigenvalue weighted by Gasteiger charge is 2.57. The van der Waals surface area contributed by atoms with E-state index < -0.39 is 57.0 Å². The van der Waals surface area contributed by atoms with E-state index in [0.717, 1.165) is 9.37 Å². The van der Waals surface area contributed by atoms with Crippen LogP contribution in [0.3, 0.4) is 0 Å². The molecule has 2 N–H and O–H groups in total. The molecule has 0 spiro atoms. The molecule has 11 heteroatoms. The van der Waals surface area contributed by atoms with Crippen LogP contribution in [0.2, 0.25) is 0 Å². The summed E-state index contributed by atoms with van der Waals surface area (Å²) < 4.78 is 25.3. The maximum Gasteiger partial charge on any atom is 0.408 e. The standard InChI is InChI=1S/C22H29BrN2O7S/c1-21(2,3)17(24-20(29)31-22(4,5)6)18(26)25-11-14-16(15(25)19(27)28)33(30,32-14)13-9-7-12(23)8-10-13/h7-10,14-15,17H,11H2,1-6H3,(H,24,29)(H,27,28)/t14-,15+,17-,33?/m1/s1. The van der Waals surface area contributed by atoms with Crippen LogP contribution in [0.25, 0.3) is 0 Å². The van der Waals surface area contributed by atoms with Gasteiger partial charge in [-0.2, -0.15) is 0 Å². The van der Waals surface area contributed by atoms with Crippen LogP contribution in [0.15, 0.2) is 33.6 Å². The summed E-state index contributed by atoms with van der Waals surface area (Å²) in [4.78, 5) is 39.8. The molecule has 0 radical (unpaired) electrons. The van der Waals surface area contributed by atoms with Crippen LogP contribution in [0, 0.1) is 5.41 Å². The average molecular weight is 545 g/mol. The van der Waals surface area contributed by atoms with Crippen molar-refractivity contribution in [1.29, 1.82) is 0 Å². The minimum atomic E-state index is -3.22. The summed E-state index contributed by atoms with van der Waals surface area (Å²) >= 11 is 3.31. The van der Waals surface area contributed by atoms with Crippen molar-refractivity contribution in [3.8, 4) is 0 Å². The van der Waals surface area contributed by atoms with Crippen molar-refractivity contribution in [2.75, 3.05) is 6.54 Å². The minimum Gasteiger partial charge on any atom is -0.479 e. The van der Waals surface area contributed by atoms with Crippen LogP contribution in [-0.2, 0) is 28.3 Å². The van der Waals surface area contributed by atoms with Gasteiger partial charge < -0.3 is 20.1 Å². The van der Waals surface area contributed by atoms with Crippen molar-refractivity contribution < 1.29 is 32.6 Å². The zero-order chi connectivity index (χ0) is 24.9. The number of hydrogen-bond acceptors (Lipinski definition) is 6. The molecule has 3 rings (SSSR count). The Kier molecular flexibility index (Phi) is 6.64. The molecule has 1 saturated heterocycles. The third-order valence-corrected chi connectivity index (χ3v) is 8.27. The number of hydrogen-bond donors (Lipinski definition) is 2. The number of halogens is 1. The van der Waals surface area contributed by atoms with E-state index in [-0.39, 0.29) is 11.4 Å². The normalized spacial score (nSPS) is 25.7. The number of carbonyl (C=O) groups is 3. The molecule has 0 aromatic heterocycles. The van der Waals surface area contributed by atoms with Crippen molar-refractivity contribution in [2.45, 2.75) is 70.2 Å². The highest BCUT2D eigenvalue weighted by Crippen LogP contribution is 2.37. The molecule has 2 aliphatic rings. The number of ether oxygens (including phenoxy) is 1. The number of rotatable bonds is 4. The second-order valence-electron chi connectivity index (χ2n) is 10.1. The van der Waals surface area contributed by atoms with Gasteiger partial charge in [-0.3, -0.25) is 8.98 Å². The molecule has 0 bridgehead atoms. The Labute approximate surface area is 202 Å². The molecule has 33 heavy (non-hydrogen) atoms. The topological polar surface area (TPSA) is 122 Å². The van der Waals surface area contributed by atoms with E-state index in [1.54, 1.807) is 65.8 Å². The lowest BCUT2D eigenvalue weighted by atomic mass is 9.85. The molecule has 1 aromatic rings. The minimum absolute atomic E-state index is 0.0682. The van der Waals surface area contributed by atoms with Crippen molar-refractivity contribution in [1.82, 2.24) is 10.2 Å². The number of carboxylic acid groups (broad SMARTS) is 1. The maximum absolute atomic E-state index is 13.6. The van der Waals surface area contributed by atoms with Gasteiger partial charge in [0.15, 0.2) is 6.04 Å².